The number of rotatable bonds is 7. The highest BCUT2D eigenvalue weighted by Crippen LogP contribution is 2.43. The number of piperidine rings is 3. The summed E-state index contributed by atoms with van der Waals surface area (Å²) in [4.78, 5) is 34.3. The third-order valence-electron chi connectivity index (χ3n) is 7.09. The average molecular weight is 486 g/mol. The van der Waals surface area contributed by atoms with Crippen LogP contribution in [0.25, 0.3) is 0 Å². The highest BCUT2D eigenvalue weighted by molar-refractivity contribution is 7.08. The second-order valence-electron chi connectivity index (χ2n) is 8.80. The number of fused-ring (bicyclic) bond motifs is 3. The summed E-state index contributed by atoms with van der Waals surface area (Å²) in [6, 6.07) is 4.57. The van der Waals surface area contributed by atoms with Gasteiger partial charge in [-0.3, -0.25) is 4.79 Å². The zero-order chi connectivity index (χ0) is 23.1. The van der Waals surface area contributed by atoms with E-state index in [4.69, 9.17) is 10.5 Å². The van der Waals surface area contributed by atoms with E-state index < -0.39 is 29.6 Å². The summed E-state index contributed by atoms with van der Waals surface area (Å²) >= 11 is 2.83. The smallest absolute Gasteiger partial charge is 0.348 e. The summed E-state index contributed by atoms with van der Waals surface area (Å²) in [5, 5.41) is 18.8. The third kappa shape index (κ3) is 3.76. The number of ether oxygens (including phenoxy) is 1. The molecule has 3 N–H and O–H groups in total. The highest BCUT2D eigenvalue weighted by atomic mass is 32.1. The maximum absolute atomic E-state index is 13.5. The van der Waals surface area contributed by atoms with Gasteiger partial charge in [0.25, 0.3) is 5.91 Å². The summed E-state index contributed by atoms with van der Waals surface area (Å²) in [6.07, 6.45) is 4.21. The third-order valence-corrected chi connectivity index (χ3v) is 8.46. The average Bonchev–Trinajstić information content (AvgIpc) is 3.55. The van der Waals surface area contributed by atoms with Crippen LogP contribution in [0.2, 0.25) is 0 Å². The first-order valence-electron chi connectivity index (χ1n) is 10.8. The fourth-order valence-electron chi connectivity index (χ4n) is 5.39. The van der Waals surface area contributed by atoms with Crippen molar-refractivity contribution in [3.05, 3.63) is 69.1 Å². The first-order valence-corrected chi connectivity index (χ1v) is 12.7. The fraction of sp³-hybridized carbons (Fsp3) is 0.391. The second-order valence-corrected chi connectivity index (χ2v) is 10.4. The second kappa shape index (κ2) is 8.60. The van der Waals surface area contributed by atoms with Gasteiger partial charge in [-0.05, 0) is 39.7 Å². The number of nitrogens with two attached hydrogens (primary N) is 1. The van der Waals surface area contributed by atoms with Crippen LogP contribution in [0.3, 0.4) is 0 Å². The van der Waals surface area contributed by atoms with Gasteiger partial charge in [-0.25, -0.2) is 14.8 Å². The number of quaternary nitrogens is 1. The van der Waals surface area contributed by atoms with Gasteiger partial charge in [-0.15, -0.1) is 0 Å². The van der Waals surface area contributed by atoms with Crippen molar-refractivity contribution in [1.29, 1.82) is 0 Å². The molecule has 2 bridgehead atoms. The van der Waals surface area contributed by atoms with Crippen LogP contribution in [0.5, 0.6) is 0 Å². The van der Waals surface area contributed by atoms with Gasteiger partial charge in [-0.2, -0.15) is 22.7 Å². The Balaban J connectivity index is 1.44. The first-order chi connectivity index (χ1) is 15.9. The maximum Gasteiger partial charge on any atom is 0.348 e. The van der Waals surface area contributed by atoms with Crippen LogP contribution < -0.4 is 5.73 Å². The van der Waals surface area contributed by atoms with Crippen molar-refractivity contribution in [1.82, 2.24) is 9.97 Å². The summed E-state index contributed by atoms with van der Waals surface area (Å²) in [7, 11) is 0. The Morgan fingerprint density at radius 2 is 1.82 bits per heavy atom. The SMILES string of the molecule is NC(=O)C(c1ccncn1)[N+]12CCC(CC1)[C@@H](OC(=O)C(O)(c1ccsc1)c1ccsc1)C2. The number of aliphatic hydroxyl groups is 1. The molecule has 8 nitrogen and oxygen atoms in total. The van der Waals surface area contributed by atoms with Gasteiger partial charge in [0.05, 0.1) is 13.1 Å². The topological polar surface area (TPSA) is 115 Å². The number of aromatic nitrogens is 2. The summed E-state index contributed by atoms with van der Waals surface area (Å²) in [6.45, 7) is 1.97. The largest absolute Gasteiger partial charge is 0.453 e. The van der Waals surface area contributed by atoms with E-state index in [2.05, 4.69) is 9.97 Å². The van der Waals surface area contributed by atoms with Crippen LogP contribution in [0.1, 0.15) is 35.7 Å². The highest BCUT2D eigenvalue weighted by Gasteiger charge is 2.55. The summed E-state index contributed by atoms with van der Waals surface area (Å²) in [5.74, 6) is -0.955. The zero-order valence-corrected chi connectivity index (χ0v) is 19.5. The lowest BCUT2D eigenvalue weighted by molar-refractivity contribution is -0.965. The van der Waals surface area contributed by atoms with E-state index in [9.17, 15) is 14.7 Å². The number of primary amides is 1. The molecule has 6 heterocycles. The Morgan fingerprint density at radius 3 is 2.33 bits per heavy atom. The lowest BCUT2D eigenvalue weighted by atomic mass is 9.81. The van der Waals surface area contributed by atoms with Gasteiger partial charge in [0.15, 0.2) is 6.10 Å². The van der Waals surface area contributed by atoms with Crippen LogP contribution in [-0.2, 0) is 19.9 Å². The standard InChI is InChI=1S/C23H24N4O4S2/c24-21(28)20(18-1-6-25-14-26-18)27-7-2-15(3-8-27)19(11-27)31-22(29)23(30,16-4-9-32-12-16)17-5-10-33-13-17/h1,4-6,9-10,12-15,19-20,30H,2-3,7-8,11H2,(H-,24,28)/p+1/t15?,19-,20?,27?/m0/s1. The minimum Gasteiger partial charge on any atom is -0.453 e. The van der Waals surface area contributed by atoms with Gasteiger partial charge in [-0.1, -0.05) is 0 Å². The van der Waals surface area contributed by atoms with Crippen molar-refractivity contribution in [2.45, 2.75) is 30.6 Å². The molecule has 33 heavy (non-hydrogen) atoms. The molecule has 3 aromatic heterocycles. The van der Waals surface area contributed by atoms with Crippen molar-refractivity contribution in [2.24, 2.45) is 11.7 Å². The van der Waals surface area contributed by atoms with Crippen molar-refractivity contribution in [3.8, 4) is 0 Å². The molecule has 3 saturated heterocycles. The molecule has 0 saturated carbocycles. The molecule has 3 aliphatic rings. The molecule has 0 spiro atoms. The Morgan fingerprint density at radius 1 is 1.15 bits per heavy atom. The lowest BCUT2D eigenvalue weighted by Gasteiger charge is -2.54. The molecule has 6 rings (SSSR count). The van der Waals surface area contributed by atoms with Gasteiger partial charge >= 0.3 is 5.97 Å². The van der Waals surface area contributed by atoms with E-state index in [-0.39, 0.29) is 5.92 Å². The number of hydrogen-bond acceptors (Lipinski definition) is 8. The maximum atomic E-state index is 13.5. The van der Waals surface area contributed by atoms with Crippen LogP contribution in [-0.4, -0.2) is 57.2 Å². The van der Waals surface area contributed by atoms with Crippen molar-refractivity contribution in [3.63, 3.8) is 0 Å². The minimum atomic E-state index is -1.87. The van der Waals surface area contributed by atoms with Crippen LogP contribution in [0.4, 0.5) is 0 Å². The predicted molar refractivity (Wildman–Crippen MR) is 123 cm³/mol. The fourth-order valence-corrected chi connectivity index (χ4v) is 6.78. The molecule has 3 aromatic rings. The molecule has 10 heteroatoms. The number of carbonyl (C=O) groups is 2. The van der Waals surface area contributed by atoms with Crippen LogP contribution >= 0.6 is 22.7 Å². The molecular weight excluding hydrogens is 460 g/mol. The van der Waals surface area contributed by atoms with E-state index in [1.165, 1.54) is 29.0 Å². The van der Waals surface area contributed by atoms with Gasteiger partial charge in [0, 0.05) is 36.1 Å². The van der Waals surface area contributed by atoms with Gasteiger partial charge in [0.2, 0.25) is 11.6 Å². The Bertz CT molecular complexity index is 1080. The van der Waals surface area contributed by atoms with Crippen molar-refractivity contribution >= 4 is 34.6 Å². The molecular formula is C23H25N4O4S2+. The Hall–Kier alpha value is -2.66. The molecule has 0 aromatic carbocycles. The summed E-state index contributed by atoms with van der Waals surface area (Å²) in [5.41, 5.74) is 5.57. The van der Waals surface area contributed by atoms with E-state index >= 15 is 0 Å². The number of carbonyl (C=O) groups excluding carboxylic acids is 2. The lowest BCUT2D eigenvalue weighted by Crippen LogP contribution is -2.67. The summed E-state index contributed by atoms with van der Waals surface area (Å²) < 4.78 is 6.45. The quantitative estimate of drug-likeness (QED) is 0.392. The molecule has 3 fully saturated rings. The predicted octanol–water partition coefficient (Wildman–Crippen LogP) is 2.21. The first kappa shape index (κ1) is 22.1. The number of nitrogens with zero attached hydrogens (tertiary/aromatic N) is 3. The molecule has 0 radical (unpaired) electrons. The Labute approximate surface area is 199 Å². The minimum absolute atomic E-state index is 0.182. The molecule has 1 amide bonds. The normalized spacial score (nSPS) is 25.5. The Kier molecular flexibility index (Phi) is 5.77. The molecule has 1 unspecified atom stereocenters. The van der Waals surface area contributed by atoms with Crippen LogP contribution in [0.15, 0.2) is 52.2 Å². The number of amides is 1. The van der Waals surface area contributed by atoms with E-state index in [1.54, 1.807) is 35.2 Å². The monoisotopic (exact) mass is 485 g/mol. The van der Waals surface area contributed by atoms with Crippen molar-refractivity contribution < 1.29 is 23.9 Å². The molecule has 3 aliphatic heterocycles. The number of esters is 1. The zero-order valence-electron chi connectivity index (χ0n) is 17.9. The number of hydrogen-bond donors (Lipinski definition) is 2. The van der Waals surface area contributed by atoms with Crippen LogP contribution in [0, 0.1) is 5.92 Å². The van der Waals surface area contributed by atoms with E-state index in [0.29, 0.717) is 27.8 Å². The molecule has 0 aliphatic carbocycles. The number of thiophene rings is 2. The molecule has 172 valence electrons. The van der Waals surface area contributed by atoms with E-state index in [0.717, 1.165) is 25.9 Å². The van der Waals surface area contributed by atoms with Gasteiger partial charge in [0.1, 0.15) is 18.6 Å². The molecule has 2 atom stereocenters. The van der Waals surface area contributed by atoms with Gasteiger partial charge < -0.3 is 20.1 Å². The van der Waals surface area contributed by atoms with E-state index in [1.807, 2.05) is 10.8 Å². The van der Waals surface area contributed by atoms with Crippen molar-refractivity contribution in [2.75, 3.05) is 19.6 Å².